The zero-order valence-corrected chi connectivity index (χ0v) is 14.7. The summed E-state index contributed by atoms with van der Waals surface area (Å²) in [5.74, 6) is 0.0473. The van der Waals surface area contributed by atoms with Gasteiger partial charge in [0.05, 0.1) is 12.6 Å². The zero-order valence-electron chi connectivity index (χ0n) is 13.8. The molecule has 1 amide bonds. The van der Waals surface area contributed by atoms with Crippen LogP contribution in [0.4, 0.5) is 5.13 Å². The molecule has 128 valence electrons. The van der Waals surface area contributed by atoms with Crippen LogP contribution < -0.4 is 4.90 Å². The Balaban J connectivity index is 1.58. The van der Waals surface area contributed by atoms with E-state index in [1.807, 2.05) is 35.7 Å². The Bertz CT molecular complexity index is 648. The number of amides is 1. The number of anilines is 1. The van der Waals surface area contributed by atoms with Crippen molar-refractivity contribution in [3.05, 3.63) is 47.5 Å². The van der Waals surface area contributed by atoms with Gasteiger partial charge in [-0.25, -0.2) is 4.98 Å². The zero-order chi connectivity index (χ0) is 16.9. The first-order valence-electron chi connectivity index (χ1n) is 8.28. The third-order valence-corrected chi connectivity index (χ3v) is 5.45. The van der Waals surface area contributed by atoms with E-state index in [1.165, 1.54) is 11.3 Å². The van der Waals surface area contributed by atoms with Gasteiger partial charge in [-0.05, 0) is 31.4 Å². The number of rotatable bonds is 6. The van der Waals surface area contributed by atoms with Gasteiger partial charge >= 0.3 is 0 Å². The number of hydrogen-bond acceptors (Lipinski definition) is 5. The molecule has 1 N–H and O–H groups in total. The molecular weight excluding hydrogens is 322 g/mol. The third-order valence-electron chi connectivity index (χ3n) is 4.60. The number of aromatic nitrogens is 1. The summed E-state index contributed by atoms with van der Waals surface area (Å²) in [6.45, 7) is 1.28. The summed E-state index contributed by atoms with van der Waals surface area (Å²) < 4.78 is 0. The van der Waals surface area contributed by atoms with Crippen LogP contribution in [-0.4, -0.2) is 47.1 Å². The monoisotopic (exact) mass is 345 g/mol. The van der Waals surface area contributed by atoms with Crippen molar-refractivity contribution in [1.82, 2.24) is 9.88 Å². The number of aliphatic hydroxyl groups is 1. The molecule has 2 atom stereocenters. The summed E-state index contributed by atoms with van der Waals surface area (Å²) in [7, 11) is 1.77. The summed E-state index contributed by atoms with van der Waals surface area (Å²) >= 11 is 1.46. The average Bonchev–Trinajstić information content (AvgIpc) is 3.27. The maximum atomic E-state index is 12.5. The minimum absolute atomic E-state index is 0.0473. The highest BCUT2D eigenvalue weighted by molar-refractivity contribution is 7.13. The molecule has 2 unspecified atom stereocenters. The highest BCUT2D eigenvalue weighted by Crippen LogP contribution is 2.27. The molecule has 6 heteroatoms. The molecule has 2 aromatic rings. The SMILES string of the molecule is CN(C(=O)CN1CCCC1CC(O)c1ccccc1)c1nccs1. The first-order chi connectivity index (χ1) is 11.6. The molecule has 0 spiro atoms. The van der Waals surface area contributed by atoms with Gasteiger partial charge in [-0.1, -0.05) is 30.3 Å². The minimum Gasteiger partial charge on any atom is -0.388 e. The van der Waals surface area contributed by atoms with Gasteiger partial charge < -0.3 is 5.11 Å². The molecule has 0 radical (unpaired) electrons. The van der Waals surface area contributed by atoms with Crippen molar-refractivity contribution < 1.29 is 9.90 Å². The van der Waals surface area contributed by atoms with Crippen LogP contribution in [-0.2, 0) is 4.79 Å². The number of thiazole rings is 1. The van der Waals surface area contributed by atoms with Crippen LogP contribution in [0.15, 0.2) is 41.9 Å². The van der Waals surface area contributed by atoms with Crippen LogP contribution in [0.5, 0.6) is 0 Å². The van der Waals surface area contributed by atoms with Crippen molar-refractivity contribution in [3.63, 3.8) is 0 Å². The van der Waals surface area contributed by atoms with Crippen molar-refractivity contribution in [2.24, 2.45) is 0 Å². The van der Waals surface area contributed by atoms with E-state index in [-0.39, 0.29) is 11.9 Å². The number of nitrogens with zero attached hydrogens (tertiary/aromatic N) is 3. The summed E-state index contributed by atoms with van der Waals surface area (Å²) in [6, 6.07) is 9.98. The lowest BCUT2D eigenvalue weighted by molar-refractivity contribution is -0.119. The summed E-state index contributed by atoms with van der Waals surface area (Å²) in [5, 5.41) is 13.1. The maximum absolute atomic E-state index is 12.5. The van der Waals surface area contributed by atoms with E-state index in [4.69, 9.17) is 0 Å². The number of carbonyl (C=O) groups is 1. The van der Waals surface area contributed by atoms with Crippen molar-refractivity contribution in [2.75, 3.05) is 25.0 Å². The van der Waals surface area contributed by atoms with E-state index in [0.717, 1.165) is 30.1 Å². The molecule has 0 aliphatic carbocycles. The second-order valence-electron chi connectivity index (χ2n) is 6.20. The molecule has 0 bridgehead atoms. The molecule has 1 fully saturated rings. The Morgan fingerprint density at radius 3 is 2.96 bits per heavy atom. The largest absolute Gasteiger partial charge is 0.388 e. The molecule has 1 saturated heterocycles. The molecule has 1 aliphatic heterocycles. The van der Waals surface area contributed by atoms with E-state index in [9.17, 15) is 9.90 Å². The van der Waals surface area contributed by atoms with Gasteiger partial charge in [0, 0.05) is 24.7 Å². The van der Waals surface area contributed by atoms with E-state index < -0.39 is 6.10 Å². The fourth-order valence-electron chi connectivity index (χ4n) is 3.21. The molecule has 0 saturated carbocycles. The van der Waals surface area contributed by atoms with Gasteiger partial charge in [-0.15, -0.1) is 11.3 Å². The summed E-state index contributed by atoms with van der Waals surface area (Å²) in [5.41, 5.74) is 0.940. The van der Waals surface area contributed by atoms with Crippen LogP contribution in [0.2, 0.25) is 0 Å². The second-order valence-corrected chi connectivity index (χ2v) is 7.07. The smallest absolute Gasteiger partial charge is 0.242 e. The van der Waals surface area contributed by atoms with Crippen LogP contribution >= 0.6 is 11.3 Å². The lowest BCUT2D eigenvalue weighted by Crippen LogP contribution is -2.41. The Morgan fingerprint density at radius 2 is 2.25 bits per heavy atom. The van der Waals surface area contributed by atoms with E-state index in [1.54, 1.807) is 18.1 Å². The molecule has 1 aromatic carbocycles. The fraction of sp³-hybridized carbons (Fsp3) is 0.444. The van der Waals surface area contributed by atoms with Crippen molar-refractivity contribution in [3.8, 4) is 0 Å². The third kappa shape index (κ3) is 4.01. The normalized spacial score (nSPS) is 19.3. The second kappa shape index (κ2) is 7.88. The van der Waals surface area contributed by atoms with Crippen molar-refractivity contribution in [1.29, 1.82) is 0 Å². The number of hydrogen-bond donors (Lipinski definition) is 1. The topological polar surface area (TPSA) is 56.7 Å². The van der Waals surface area contributed by atoms with E-state index in [0.29, 0.717) is 13.0 Å². The fourth-order valence-corrected chi connectivity index (χ4v) is 3.83. The van der Waals surface area contributed by atoms with Crippen LogP contribution in [0.25, 0.3) is 0 Å². The number of likely N-dealkylation sites (tertiary alicyclic amines) is 1. The first kappa shape index (κ1) is 17.1. The molecule has 5 nitrogen and oxygen atoms in total. The van der Waals surface area contributed by atoms with Gasteiger partial charge in [0.2, 0.25) is 5.91 Å². The predicted octanol–water partition coefficient (Wildman–Crippen LogP) is 2.69. The number of likely N-dealkylation sites (N-methyl/N-ethyl adjacent to an activating group) is 1. The van der Waals surface area contributed by atoms with Gasteiger partial charge in [0.15, 0.2) is 5.13 Å². The van der Waals surface area contributed by atoms with E-state index in [2.05, 4.69) is 9.88 Å². The Labute approximate surface area is 146 Å². The van der Waals surface area contributed by atoms with Crippen molar-refractivity contribution in [2.45, 2.75) is 31.4 Å². The van der Waals surface area contributed by atoms with Gasteiger partial charge in [0.1, 0.15) is 0 Å². The highest BCUT2D eigenvalue weighted by atomic mass is 32.1. The number of aliphatic hydroxyl groups excluding tert-OH is 1. The van der Waals surface area contributed by atoms with E-state index >= 15 is 0 Å². The maximum Gasteiger partial charge on any atom is 0.242 e. The van der Waals surface area contributed by atoms with Crippen LogP contribution in [0.3, 0.4) is 0 Å². The molecule has 1 aliphatic rings. The molecule has 1 aromatic heterocycles. The van der Waals surface area contributed by atoms with Crippen LogP contribution in [0.1, 0.15) is 30.9 Å². The average molecular weight is 345 g/mol. The Morgan fingerprint density at radius 1 is 1.46 bits per heavy atom. The molecule has 3 rings (SSSR count). The number of benzene rings is 1. The van der Waals surface area contributed by atoms with Gasteiger partial charge in [-0.3, -0.25) is 14.6 Å². The van der Waals surface area contributed by atoms with Crippen molar-refractivity contribution >= 4 is 22.4 Å². The highest BCUT2D eigenvalue weighted by Gasteiger charge is 2.29. The molecule has 2 heterocycles. The van der Waals surface area contributed by atoms with Gasteiger partial charge in [0.25, 0.3) is 0 Å². The summed E-state index contributed by atoms with van der Waals surface area (Å²) in [6.07, 6.45) is 3.98. The predicted molar refractivity (Wildman–Crippen MR) is 96.1 cm³/mol. The molecule has 24 heavy (non-hydrogen) atoms. The summed E-state index contributed by atoms with van der Waals surface area (Å²) in [4.78, 5) is 20.5. The standard InChI is InChI=1S/C18H23N3O2S/c1-20(18-19-9-11-24-18)17(23)13-21-10-5-8-15(21)12-16(22)14-6-3-2-4-7-14/h2-4,6-7,9,11,15-16,22H,5,8,10,12-13H2,1H3. The van der Waals surface area contributed by atoms with Gasteiger partial charge in [-0.2, -0.15) is 0 Å². The Kier molecular flexibility index (Phi) is 5.60. The minimum atomic E-state index is -0.483. The Hall–Kier alpha value is -1.76. The quantitative estimate of drug-likeness (QED) is 0.874. The lowest BCUT2D eigenvalue weighted by Gasteiger charge is -2.27. The molecular formula is C18H23N3O2S. The van der Waals surface area contributed by atoms with Crippen LogP contribution in [0, 0.1) is 0 Å². The lowest BCUT2D eigenvalue weighted by atomic mass is 10.0. The number of carbonyl (C=O) groups excluding carboxylic acids is 1. The first-order valence-corrected chi connectivity index (χ1v) is 9.16.